The quantitative estimate of drug-likeness (QED) is 0.685. The molecule has 1 amide bonds. The molecule has 22 heavy (non-hydrogen) atoms. The normalized spacial score (nSPS) is 24.6. The summed E-state index contributed by atoms with van der Waals surface area (Å²) in [6, 6.07) is 0.616. The van der Waals surface area contributed by atoms with Crippen molar-refractivity contribution in [2.75, 3.05) is 7.05 Å². The third-order valence-electron chi connectivity index (χ3n) is 4.92. The van der Waals surface area contributed by atoms with Crippen LogP contribution in [0.4, 0.5) is 0 Å². The maximum atomic E-state index is 12.9. The largest absolute Gasteiger partial charge is 0.342 e. The van der Waals surface area contributed by atoms with Crippen molar-refractivity contribution >= 4 is 5.91 Å². The van der Waals surface area contributed by atoms with Crippen LogP contribution < -0.4 is 5.73 Å². The highest BCUT2D eigenvalue weighted by molar-refractivity contribution is 5.78. The van der Waals surface area contributed by atoms with E-state index in [4.69, 9.17) is 5.73 Å². The second-order valence-electron chi connectivity index (χ2n) is 7.22. The lowest BCUT2D eigenvalue weighted by molar-refractivity contribution is -0.137. The zero-order valence-corrected chi connectivity index (χ0v) is 15.1. The molecule has 0 bridgehead atoms. The molecule has 1 rings (SSSR count). The Bertz CT molecular complexity index is 351. The lowest BCUT2D eigenvalue weighted by Gasteiger charge is -2.31. The SMILES string of the molecule is CCCC(CCCC(C)N)C(=O)N(C)C1CC=CC(C)CC1. The average Bonchev–Trinajstić information content (AvgIpc) is 2.69. The summed E-state index contributed by atoms with van der Waals surface area (Å²) in [6.07, 6.45) is 13.0. The lowest BCUT2D eigenvalue weighted by atomic mass is 9.93. The van der Waals surface area contributed by atoms with Crippen molar-refractivity contribution in [3.8, 4) is 0 Å². The van der Waals surface area contributed by atoms with Gasteiger partial charge >= 0.3 is 0 Å². The first-order valence-electron chi connectivity index (χ1n) is 9.14. The van der Waals surface area contributed by atoms with Gasteiger partial charge in [0.05, 0.1) is 0 Å². The monoisotopic (exact) mass is 308 g/mol. The number of nitrogens with zero attached hydrogens (tertiary/aromatic N) is 1. The molecule has 4 atom stereocenters. The van der Waals surface area contributed by atoms with Gasteiger partial charge < -0.3 is 10.6 Å². The van der Waals surface area contributed by atoms with Gasteiger partial charge in [-0.2, -0.15) is 0 Å². The number of hydrogen-bond donors (Lipinski definition) is 1. The van der Waals surface area contributed by atoms with Gasteiger partial charge in [-0.25, -0.2) is 0 Å². The van der Waals surface area contributed by atoms with E-state index in [0.29, 0.717) is 17.9 Å². The van der Waals surface area contributed by atoms with Crippen molar-refractivity contribution in [3.63, 3.8) is 0 Å². The molecule has 4 unspecified atom stereocenters. The Balaban J connectivity index is 2.57. The minimum atomic E-state index is 0.179. The van der Waals surface area contributed by atoms with E-state index in [1.54, 1.807) is 0 Å². The van der Waals surface area contributed by atoms with Crippen molar-refractivity contribution in [2.24, 2.45) is 17.6 Å². The van der Waals surface area contributed by atoms with E-state index in [0.717, 1.165) is 44.9 Å². The third-order valence-corrected chi connectivity index (χ3v) is 4.92. The van der Waals surface area contributed by atoms with E-state index >= 15 is 0 Å². The van der Waals surface area contributed by atoms with Crippen molar-refractivity contribution in [3.05, 3.63) is 12.2 Å². The highest BCUT2D eigenvalue weighted by Gasteiger charge is 2.26. The molecule has 2 N–H and O–H groups in total. The molecule has 0 saturated carbocycles. The van der Waals surface area contributed by atoms with Crippen molar-refractivity contribution in [1.82, 2.24) is 4.90 Å². The molecule has 0 saturated heterocycles. The Morgan fingerprint density at radius 2 is 2.05 bits per heavy atom. The highest BCUT2D eigenvalue weighted by atomic mass is 16.2. The molecule has 0 aromatic rings. The molecule has 1 aliphatic carbocycles. The maximum absolute atomic E-state index is 12.9. The zero-order chi connectivity index (χ0) is 16.5. The summed E-state index contributed by atoms with van der Waals surface area (Å²) in [6.45, 7) is 6.47. The van der Waals surface area contributed by atoms with Crippen LogP contribution in [-0.2, 0) is 4.79 Å². The Kier molecular flexibility index (Phi) is 8.77. The fraction of sp³-hybridized carbons (Fsp3) is 0.842. The van der Waals surface area contributed by atoms with E-state index in [2.05, 4.69) is 26.0 Å². The summed E-state index contributed by atoms with van der Waals surface area (Å²) in [5.41, 5.74) is 5.83. The van der Waals surface area contributed by atoms with E-state index in [1.807, 2.05) is 18.9 Å². The Morgan fingerprint density at radius 3 is 2.68 bits per heavy atom. The summed E-state index contributed by atoms with van der Waals surface area (Å²) in [7, 11) is 2.01. The summed E-state index contributed by atoms with van der Waals surface area (Å²) in [5, 5.41) is 0. The Morgan fingerprint density at radius 1 is 1.32 bits per heavy atom. The van der Waals surface area contributed by atoms with Gasteiger partial charge in [-0.3, -0.25) is 4.79 Å². The number of allylic oxidation sites excluding steroid dienone is 1. The van der Waals surface area contributed by atoms with E-state index in [9.17, 15) is 4.79 Å². The molecule has 0 spiro atoms. The van der Waals surface area contributed by atoms with Crippen molar-refractivity contribution in [2.45, 2.75) is 84.2 Å². The molecule has 3 nitrogen and oxygen atoms in total. The lowest BCUT2D eigenvalue weighted by Crippen LogP contribution is -2.40. The molecular formula is C19H36N2O. The van der Waals surface area contributed by atoms with Crippen molar-refractivity contribution in [1.29, 1.82) is 0 Å². The van der Waals surface area contributed by atoms with Crippen LogP contribution in [-0.4, -0.2) is 29.9 Å². The molecule has 0 heterocycles. The first kappa shape index (κ1) is 19.2. The fourth-order valence-electron chi connectivity index (χ4n) is 3.38. The van der Waals surface area contributed by atoms with Crippen LogP contribution >= 0.6 is 0 Å². The van der Waals surface area contributed by atoms with Crippen LogP contribution in [0.5, 0.6) is 0 Å². The number of carbonyl (C=O) groups excluding carboxylic acids is 1. The molecule has 0 aliphatic heterocycles. The van der Waals surface area contributed by atoms with Gasteiger partial charge in [0, 0.05) is 25.0 Å². The predicted octanol–water partition coefficient (Wildman–Crippen LogP) is 4.12. The summed E-state index contributed by atoms with van der Waals surface area (Å²) in [5.74, 6) is 1.17. The maximum Gasteiger partial charge on any atom is 0.225 e. The minimum Gasteiger partial charge on any atom is -0.342 e. The predicted molar refractivity (Wildman–Crippen MR) is 94.6 cm³/mol. The van der Waals surface area contributed by atoms with Gasteiger partial charge in [0.15, 0.2) is 0 Å². The second kappa shape index (κ2) is 10.0. The van der Waals surface area contributed by atoms with Gasteiger partial charge in [0.25, 0.3) is 0 Å². The van der Waals surface area contributed by atoms with Crippen LogP contribution in [0.3, 0.4) is 0 Å². The molecule has 128 valence electrons. The second-order valence-corrected chi connectivity index (χ2v) is 7.22. The highest BCUT2D eigenvalue weighted by Crippen LogP contribution is 2.24. The number of rotatable bonds is 8. The van der Waals surface area contributed by atoms with Gasteiger partial charge in [-0.1, -0.05) is 38.8 Å². The molecule has 0 fully saturated rings. The third kappa shape index (κ3) is 6.51. The summed E-state index contributed by atoms with van der Waals surface area (Å²) >= 11 is 0. The smallest absolute Gasteiger partial charge is 0.225 e. The van der Waals surface area contributed by atoms with E-state index in [1.165, 1.54) is 6.42 Å². The zero-order valence-electron chi connectivity index (χ0n) is 15.1. The molecule has 0 aromatic heterocycles. The van der Waals surface area contributed by atoms with Crippen molar-refractivity contribution < 1.29 is 4.79 Å². The van der Waals surface area contributed by atoms with Gasteiger partial charge in [0.1, 0.15) is 0 Å². The number of amides is 1. The van der Waals surface area contributed by atoms with E-state index < -0.39 is 0 Å². The summed E-state index contributed by atoms with van der Waals surface area (Å²) < 4.78 is 0. The standard InChI is InChI=1S/C19H36N2O/c1-5-8-17(11-7-10-16(3)20)19(22)21(4)18-12-6-9-15(2)13-14-18/h6,9,15-18H,5,7-8,10-14,20H2,1-4H3. The van der Waals surface area contributed by atoms with E-state index in [-0.39, 0.29) is 12.0 Å². The van der Waals surface area contributed by atoms with Crippen LogP contribution in [0.25, 0.3) is 0 Å². The van der Waals surface area contributed by atoms with Gasteiger partial charge in [-0.15, -0.1) is 0 Å². The topological polar surface area (TPSA) is 46.3 Å². The average molecular weight is 309 g/mol. The van der Waals surface area contributed by atoms with Gasteiger partial charge in [0.2, 0.25) is 5.91 Å². The number of hydrogen-bond acceptors (Lipinski definition) is 2. The van der Waals surface area contributed by atoms with Crippen LogP contribution in [0.1, 0.15) is 72.1 Å². The van der Waals surface area contributed by atoms with Crippen LogP contribution in [0.2, 0.25) is 0 Å². The first-order chi connectivity index (χ1) is 10.5. The molecular weight excluding hydrogens is 272 g/mol. The number of carbonyl (C=O) groups is 1. The molecule has 0 aromatic carbocycles. The minimum absolute atomic E-state index is 0.179. The molecule has 3 heteroatoms. The fourth-order valence-corrected chi connectivity index (χ4v) is 3.38. The van der Waals surface area contributed by atoms with Crippen LogP contribution in [0.15, 0.2) is 12.2 Å². The Labute approximate surface area is 137 Å². The Hall–Kier alpha value is -0.830. The molecule has 1 aliphatic rings. The number of nitrogens with two attached hydrogens (primary N) is 1. The molecule has 0 radical (unpaired) electrons. The van der Waals surface area contributed by atoms with Crippen LogP contribution in [0, 0.1) is 11.8 Å². The summed E-state index contributed by atoms with van der Waals surface area (Å²) in [4.78, 5) is 14.9. The first-order valence-corrected chi connectivity index (χ1v) is 9.14. The van der Waals surface area contributed by atoms with Gasteiger partial charge in [-0.05, 0) is 51.4 Å².